The van der Waals surface area contributed by atoms with Crippen molar-refractivity contribution < 1.29 is 33.8 Å². The minimum absolute atomic E-state index is 0.0432. The van der Waals surface area contributed by atoms with E-state index in [0.29, 0.717) is 29.4 Å². The van der Waals surface area contributed by atoms with E-state index in [0.717, 1.165) is 18.8 Å². The molecule has 6 atom stereocenters. The summed E-state index contributed by atoms with van der Waals surface area (Å²) in [6.07, 6.45) is 5.77. The summed E-state index contributed by atoms with van der Waals surface area (Å²) in [6.45, 7) is 8.07. The van der Waals surface area contributed by atoms with Crippen molar-refractivity contribution >= 4 is 51.0 Å². The number of anilines is 2. The minimum atomic E-state index is -1.38. The van der Waals surface area contributed by atoms with Crippen molar-refractivity contribution in [2.45, 2.75) is 70.3 Å². The van der Waals surface area contributed by atoms with E-state index < -0.39 is 41.7 Å². The van der Waals surface area contributed by atoms with Crippen LogP contribution in [0.5, 0.6) is 0 Å². The molecule has 1 aromatic rings. The lowest BCUT2D eigenvalue weighted by atomic mass is 9.74. The first-order valence-electron chi connectivity index (χ1n) is 15.9. The minimum Gasteiger partial charge on any atom is -0.460 e. The van der Waals surface area contributed by atoms with Crippen LogP contribution in [0.4, 0.5) is 11.4 Å². The van der Waals surface area contributed by atoms with Gasteiger partial charge in [0.15, 0.2) is 0 Å². The Hall–Kier alpha value is -3.22. The fourth-order valence-electron chi connectivity index (χ4n) is 6.98. The van der Waals surface area contributed by atoms with Gasteiger partial charge < -0.3 is 34.6 Å². The summed E-state index contributed by atoms with van der Waals surface area (Å²) in [4.78, 5) is 60.6. The van der Waals surface area contributed by atoms with Gasteiger partial charge in [0.1, 0.15) is 29.8 Å². The largest absolute Gasteiger partial charge is 0.460 e. The molecule has 5 rings (SSSR count). The molecule has 45 heavy (non-hydrogen) atoms. The van der Waals surface area contributed by atoms with Gasteiger partial charge in [-0.3, -0.25) is 19.2 Å². The molecule has 5 bridgehead atoms. The third-order valence-corrected chi connectivity index (χ3v) is 9.87. The average molecular weight is 688 g/mol. The number of aliphatic hydroxyl groups excluding tert-OH is 1. The van der Waals surface area contributed by atoms with Gasteiger partial charge in [0.05, 0.1) is 12.5 Å². The van der Waals surface area contributed by atoms with Gasteiger partial charge in [0.2, 0.25) is 11.8 Å². The predicted octanol–water partition coefficient (Wildman–Crippen LogP) is 2.91. The van der Waals surface area contributed by atoms with E-state index in [4.69, 9.17) is 9.47 Å². The number of hydrogen-bond acceptors (Lipinski definition) is 8. The Morgan fingerprint density at radius 1 is 1.07 bits per heavy atom. The molecular formula is C33H43BrN4O7. The van der Waals surface area contributed by atoms with Gasteiger partial charge in [0, 0.05) is 55.1 Å². The molecule has 0 aliphatic carbocycles. The van der Waals surface area contributed by atoms with Gasteiger partial charge >= 0.3 is 5.97 Å². The first kappa shape index (κ1) is 33.2. The molecule has 2 saturated heterocycles. The van der Waals surface area contributed by atoms with Crippen LogP contribution in [0.15, 0.2) is 47.0 Å². The lowest BCUT2D eigenvalue weighted by Crippen LogP contribution is -2.56. The Morgan fingerprint density at radius 2 is 1.80 bits per heavy atom. The maximum absolute atomic E-state index is 14.9. The van der Waals surface area contributed by atoms with Crippen LogP contribution in [0, 0.1) is 11.8 Å². The number of likely N-dealkylation sites (tertiary alicyclic amines) is 1. The quantitative estimate of drug-likeness (QED) is 0.243. The van der Waals surface area contributed by atoms with Gasteiger partial charge in [-0.25, -0.2) is 0 Å². The van der Waals surface area contributed by atoms with E-state index in [-0.39, 0.29) is 50.4 Å². The van der Waals surface area contributed by atoms with Gasteiger partial charge in [-0.05, 0) is 70.4 Å². The molecule has 2 N–H and O–H groups in total. The van der Waals surface area contributed by atoms with Crippen molar-refractivity contribution in [1.82, 2.24) is 10.2 Å². The van der Waals surface area contributed by atoms with E-state index in [2.05, 4.69) is 40.0 Å². The van der Waals surface area contributed by atoms with E-state index in [1.54, 1.807) is 17.9 Å². The molecule has 12 heteroatoms. The number of nitrogens with zero attached hydrogens (tertiary/aromatic N) is 3. The van der Waals surface area contributed by atoms with Crippen molar-refractivity contribution in [3.05, 3.63) is 47.0 Å². The van der Waals surface area contributed by atoms with Crippen LogP contribution in [-0.2, 0) is 28.7 Å². The van der Waals surface area contributed by atoms with Gasteiger partial charge in [-0.2, -0.15) is 0 Å². The SMILES string of the molecule is CCN(CC)c1ccc(N2C/C=C\CCC(=O)NC[C@H](C)OC(=O)[C@H]3[C@@H]4O[C@@]5(C=C4Br)[C@@H]3C(=O)N(CCCCO)[C@@H]5C2=O)cc1. The summed E-state index contributed by atoms with van der Waals surface area (Å²) in [7, 11) is 0. The van der Waals surface area contributed by atoms with E-state index in [1.807, 2.05) is 36.4 Å². The molecule has 1 spiro atoms. The first-order chi connectivity index (χ1) is 21.7. The number of hydrogen-bond donors (Lipinski definition) is 2. The standard InChI is InChI=1S/C33H43BrN4O7/c1-4-36(5-2)22-12-14-23(15-13-22)37-16-8-6-7-11-25(40)35-20-21(3)44-32(43)26-27-30(41)38(17-9-10-18-39)29(31(37)42)33(27)19-24(34)28(26)45-33/h6,8,12-15,19,21,26-29,39H,4-5,7,9-11,16-18,20H2,1-3H3,(H,35,40)/b8-6-/t21-,26+,27-,28+,29+,33-/m0/s1. The van der Waals surface area contributed by atoms with Crippen molar-refractivity contribution in [2.75, 3.05) is 49.1 Å². The number of carbonyl (C=O) groups excluding carboxylic acids is 4. The predicted molar refractivity (Wildman–Crippen MR) is 173 cm³/mol. The number of ether oxygens (including phenoxy) is 2. The number of allylic oxidation sites excluding steroid dienone is 1. The topological polar surface area (TPSA) is 129 Å². The Bertz CT molecular complexity index is 1350. The normalized spacial score (nSPS) is 31.0. The Morgan fingerprint density at radius 3 is 2.49 bits per heavy atom. The lowest BCUT2D eigenvalue weighted by molar-refractivity contribution is -0.158. The number of carbonyl (C=O) groups is 4. The first-order valence-corrected chi connectivity index (χ1v) is 16.7. The van der Waals surface area contributed by atoms with Crippen molar-refractivity contribution in [2.24, 2.45) is 11.8 Å². The van der Waals surface area contributed by atoms with E-state index >= 15 is 0 Å². The van der Waals surface area contributed by atoms with Crippen molar-refractivity contribution in [1.29, 1.82) is 0 Å². The average Bonchev–Trinajstić information content (AvgIpc) is 3.61. The molecule has 2 fully saturated rings. The molecule has 244 valence electrons. The molecule has 4 aliphatic rings. The Kier molecular flexibility index (Phi) is 10.3. The van der Waals surface area contributed by atoms with Crippen LogP contribution in [0.1, 0.15) is 46.5 Å². The number of halogens is 1. The molecule has 0 radical (unpaired) electrons. The van der Waals surface area contributed by atoms with Crippen LogP contribution in [-0.4, -0.2) is 96.9 Å². The number of rotatable bonds is 8. The molecular weight excluding hydrogens is 644 g/mol. The number of cyclic esters (lactones) is 1. The summed E-state index contributed by atoms with van der Waals surface area (Å²) in [5.41, 5.74) is 0.303. The van der Waals surface area contributed by atoms with Crippen molar-refractivity contribution in [3.8, 4) is 0 Å². The number of esters is 1. The summed E-state index contributed by atoms with van der Waals surface area (Å²) in [6, 6.07) is 6.71. The molecule has 11 nitrogen and oxygen atoms in total. The number of aliphatic hydroxyl groups is 1. The fourth-order valence-corrected chi connectivity index (χ4v) is 7.72. The molecule has 1 aromatic carbocycles. The van der Waals surface area contributed by atoms with Crippen LogP contribution in [0.2, 0.25) is 0 Å². The molecule has 4 heterocycles. The summed E-state index contributed by atoms with van der Waals surface area (Å²) >= 11 is 3.57. The van der Waals surface area contributed by atoms with Crippen LogP contribution >= 0.6 is 15.9 Å². The van der Waals surface area contributed by atoms with Crippen LogP contribution in [0.3, 0.4) is 0 Å². The fraction of sp³-hybridized carbons (Fsp3) is 0.576. The number of benzene rings is 1. The van der Waals surface area contributed by atoms with Crippen molar-refractivity contribution in [3.63, 3.8) is 0 Å². The van der Waals surface area contributed by atoms with Gasteiger partial charge in [0.25, 0.3) is 5.91 Å². The number of unbranched alkanes of at least 4 members (excludes halogenated alkanes) is 1. The van der Waals surface area contributed by atoms with Crippen LogP contribution < -0.4 is 15.1 Å². The molecule has 4 aliphatic heterocycles. The third-order valence-electron chi connectivity index (χ3n) is 9.19. The van der Waals surface area contributed by atoms with Gasteiger partial charge in [-0.1, -0.05) is 28.1 Å². The van der Waals surface area contributed by atoms with Gasteiger partial charge in [-0.15, -0.1) is 0 Å². The monoisotopic (exact) mass is 686 g/mol. The zero-order valence-electron chi connectivity index (χ0n) is 26.1. The number of nitrogens with one attached hydrogen (secondary N) is 1. The highest BCUT2D eigenvalue weighted by Crippen LogP contribution is 2.59. The highest BCUT2D eigenvalue weighted by molar-refractivity contribution is 9.11. The summed E-state index contributed by atoms with van der Waals surface area (Å²) in [5.74, 6) is -3.39. The number of fused-ring (bicyclic) bond motifs is 2. The second-order valence-electron chi connectivity index (χ2n) is 12.0. The summed E-state index contributed by atoms with van der Waals surface area (Å²) < 4.78 is 12.9. The smallest absolute Gasteiger partial charge is 0.313 e. The highest BCUT2D eigenvalue weighted by atomic mass is 79.9. The molecule has 0 saturated carbocycles. The second kappa shape index (κ2) is 14.0. The zero-order chi connectivity index (χ0) is 32.3. The highest BCUT2D eigenvalue weighted by Gasteiger charge is 2.74. The van der Waals surface area contributed by atoms with E-state index in [9.17, 15) is 24.3 Å². The zero-order valence-corrected chi connectivity index (χ0v) is 27.7. The Balaban J connectivity index is 1.59. The lowest BCUT2D eigenvalue weighted by Gasteiger charge is -2.36. The molecule has 0 aromatic heterocycles. The van der Waals surface area contributed by atoms with Crippen LogP contribution in [0.25, 0.3) is 0 Å². The molecule has 3 amide bonds. The molecule has 0 unspecified atom stereocenters. The number of amides is 3. The second-order valence-corrected chi connectivity index (χ2v) is 12.9. The maximum Gasteiger partial charge on any atom is 0.313 e. The maximum atomic E-state index is 14.9. The van der Waals surface area contributed by atoms with E-state index in [1.165, 1.54) is 4.90 Å². The Labute approximate surface area is 272 Å². The summed E-state index contributed by atoms with van der Waals surface area (Å²) in [5, 5.41) is 12.3. The third kappa shape index (κ3) is 6.29.